The number of para-hydroxylation sites is 8. The van der Waals surface area contributed by atoms with Crippen molar-refractivity contribution in [3.05, 3.63) is 292 Å². The van der Waals surface area contributed by atoms with Crippen molar-refractivity contribution >= 4 is 81.2 Å². The van der Waals surface area contributed by atoms with E-state index in [2.05, 4.69) is 86.8 Å². The Hall–Kier alpha value is -8.56. The molecule has 0 spiro atoms. The zero-order valence-electron chi connectivity index (χ0n) is 39.6. The van der Waals surface area contributed by atoms with Gasteiger partial charge in [-0.2, -0.15) is 60.7 Å². The first-order valence-corrected chi connectivity index (χ1v) is 22.9. The van der Waals surface area contributed by atoms with E-state index >= 15 is 0 Å². The molecule has 0 fully saturated rings. The van der Waals surface area contributed by atoms with Crippen molar-refractivity contribution in [2.45, 2.75) is 0 Å². The van der Waals surface area contributed by atoms with E-state index in [0.717, 1.165) is 68.5 Å². The normalized spacial score (nSPS) is 11.8. The molecule has 14 heteroatoms. The van der Waals surface area contributed by atoms with Crippen molar-refractivity contribution in [1.82, 2.24) is 19.9 Å². The fourth-order valence-electron chi connectivity index (χ4n) is 7.19. The maximum Gasteiger partial charge on any atom is 0.129 e. The molecule has 0 N–H and O–H groups in total. The summed E-state index contributed by atoms with van der Waals surface area (Å²) in [5.74, 6) is 1.74. The van der Waals surface area contributed by atoms with Crippen molar-refractivity contribution in [1.29, 1.82) is 0 Å². The van der Waals surface area contributed by atoms with Gasteiger partial charge in [0.25, 0.3) is 0 Å². The van der Waals surface area contributed by atoms with Gasteiger partial charge < -0.3 is 40.2 Å². The van der Waals surface area contributed by atoms with Crippen LogP contribution in [0.1, 0.15) is 0 Å². The summed E-state index contributed by atoms with van der Waals surface area (Å²) < 4.78 is 0. The van der Waals surface area contributed by atoms with Crippen LogP contribution in [0.4, 0.5) is 68.5 Å². The molecule has 2 aliphatic rings. The molecule has 12 rings (SSSR count). The van der Waals surface area contributed by atoms with Gasteiger partial charge in [0, 0.05) is 53.5 Å². The van der Waals surface area contributed by atoms with E-state index in [1.54, 1.807) is 25.3 Å². The minimum Gasteiger partial charge on any atom is -0.491 e. The largest absolute Gasteiger partial charge is 0.491 e. The molecule has 0 atom stereocenters. The van der Waals surface area contributed by atoms with Crippen molar-refractivity contribution in [2.24, 2.45) is 9.98 Å². The number of hydrogen-bond donors (Lipinski definition) is 0. The van der Waals surface area contributed by atoms with Gasteiger partial charge in [-0.3, -0.25) is 0 Å². The number of anilines is 8. The first kappa shape index (κ1) is 53.2. The Balaban J connectivity index is 0.000000145. The molecule has 8 aromatic carbocycles. The topological polar surface area (TPSA) is 117 Å². The number of aromatic nitrogens is 4. The van der Waals surface area contributed by atoms with Crippen molar-refractivity contribution < 1.29 is 42.1 Å². The smallest absolute Gasteiger partial charge is 0.129 e. The van der Waals surface area contributed by atoms with Crippen LogP contribution in [0.2, 0.25) is 0 Å². The molecule has 0 unspecified atom stereocenters. The Bertz CT molecular complexity index is 2860. The van der Waals surface area contributed by atoms with Crippen LogP contribution >= 0.6 is 0 Å². The van der Waals surface area contributed by atoms with E-state index < -0.39 is 0 Å². The molecule has 4 heterocycles. The molecule has 0 bridgehead atoms. The molecule has 0 saturated carbocycles. The predicted molar refractivity (Wildman–Crippen MR) is 293 cm³/mol. The van der Waals surface area contributed by atoms with Crippen LogP contribution in [0, 0.1) is 25.5 Å². The average Bonchev–Trinajstić information content (AvgIpc) is 4.06. The maximum atomic E-state index is 4.42. The Morgan fingerprint density at radius 2 is 0.730 bits per heavy atom. The van der Waals surface area contributed by atoms with Gasteiger partial charge in [0.2, 0.25) is 0 Å². The van der Waals surface area contributed by atoms with E-state index in [-0.39, 0.29) is 42.1 Å². The fraction of sp³-hybridized carbons (Fsp3) is 0. The van der Waals surface area contributed by atoms with Gasteiger partial charge in [-0.15, -0.1) is 24.7 Å². The van der Waals surface area contributed by atoms with Crippen molar-refractivity contribution in [3.63, 3.8) is 0 Å². The van der Waals surface area contributed by atoms with E-state index in [4.69, 9.17) is 0 Å². The standard InChI is InChI=1S/2C17H12N4.2C13H11N2.2Pt/c2*1-3-7-14(8-4-1)20-13-21(15-9-5-2-6-10-15)17-16(20)11-18-12-19-17;2*1-3-7-12(8-4-1)14-11-15-13-9-5-2-6-10-13;;/h2*1-7,9-13H;2*1-11H;;/q2*-2;2*-1;;. The molecule has 2 aromatic heterocycles. The van der Waals surface area contributed by atoms with Crippen LogP contribution in [0.3, 0.4) is 0 Å². The van der Waals surface area contributed by atoms with Crippen LogP contribution in [0.25, 0.3) is 10.6 Å². The third-order valence-electron chi connectivity index (χ3n) is 10.6. The molecular weight excluding hydrogens is 1280 g/mol. The molecule has 0 radical (unpaired) electrons. The monoisotopic (exact) mass is 1320 g/mol. The Morgan fingerprint density at radius 1 is 0.392 bits per heavy atom. The number of rotatable bonds is 10. The molecule has 372 valence electrons. The second-order valence-electron chi connectivity index (χ2n) is 15.4. The van der Waals surface area contributed by atoms with Gasteiger partial charge in [0.15, 0.2) is 0 Å². The summed E-state index contributed by atoms with van der Waals surface area (Å²) in [4.78, 5) is 33.7. The van der Waals surface area contributed by atoms with Gasteiger partial charge in [0.05, 0.1) is 23.8 Å². The molecule has 0 saturated heterocycles. The summed E-state index contributed by atoms with van der Waals surface area (Å²) in [6, 6.07) is 81.5. The van der Waals surface area contributed by atoms with Crippen LogP contribution < -0.4 is 19.6 Å². The van der Waals surface area contributed by atoms with Gasteiger partial charge in [0.1, 0.15) is 24.3 Å². The van der Waals surface area contributed by atoms with E-state index in [0.29, 0.717) is 0 Å². The predicted octanol–water partition coefficient (Wildman–Crippen LogP) is 15.5. The molecule has 2 aliphatic heterocycles. The van der Waals surface area contributed by atoms with Crippen LogP contribution in [0.15, 0.2) is 266 Å². The second-order valence-corrected chi connectivity index (χ2v) is 15.4. The number of hydrogen-bond acceptors (Lipinski definition) is 10. The summed E-state index contributed by atoms with van der Waals surface area (Å²) in [5, 5.41) is 8.42. The Labute approximate surface area is 461 Å². The van der Waals surface area contributed by atoms with Gasteiger partial charge >= 0.3 is 0 Å². The minimum absolute atomic E-state index is 0. The minimum atomic E-state index is 0. The summed E-state index contributed by atoms with van der Waals surface area (Å²) in [6.45, 7) is 4.03. The van der Waals surface area contributed by atoms with E-state index in [1.807, 2.05) is 242 Å². The number of aliphatic imine (C=N–C) groups is 2. The van der Waals surface area contributed by atoms with Crippen molar-refractivity contribution in [2.75, 3.05) is 19.6 Å². The number of fused-ring (bicyclic) bond motifs is 2. The average molecular weight is 1330 g/mol. The SMILES string of the molecule is C(=Nc1ccccc1)[N-]c1ccccc1.C(=Nc1ccccc1)[N-]c1ccccc1.[Pt].[Pt].[c-]1ccccc1N1[CH-]N(c2ccccc2)c2ncncc21.[c-]1ccccc1N1[CH-]N(c2ccccc2)c2ncncc21. The quantitative estimate of drug-likeness (QED) is 0.0755. The van der Waals surface area contributed by atoms with Crippen molar-refractivity contribution in [3.8, 4) is 0 Å². The third-order valence-corrected chi connectivity index (χ3v) is 10.6. The van der Waals surface area contributed by atoms with Gasteiger partial charge in [-0.05, 0) is 47.0 Å². The second kappa shape index (κ2) is 28.5. The van der Waals surface area contributed by atoms with Gasteiger partial charge in [-0.25, -0.2) is 19.9 Å². The van der Waals surface area contributed by atoms with E-state index in [9.17, 15) is 0 Å². The number of benzene rings is 8. The van der Waals surface area contributed by atoms with E-state index in [1.165, 1.54) is 0 Å². The van der Waals surface area contributed by atoms with Crippen LogP contribution in [-0.2, 0) is 42.1 Å². The summed E-state index contributed by atoms with van der Waals surface area (Å²) >= 11 is 0. The third kappa shape index (κ3) is 14.8. The van der Waals surface area contributed by atoms with Crippen LogP contribution in [-0.4, -0.2) is 32.6 Å². The molecule has 0 amide bonds. The zero-order valence-corrected chi connectivity index (χ0v) is 44.1. The summed E-state index contributed by atoms with van der Waals surface area (Å²) in [6.07, 6.45) is 9.93. The molecule has 74 heavy (non-hydrogen) atoms. The fourth-order valence-corrected chi connectivity index (χ4v) is 7.19. The number of nitrogens with zero attached hydrogens (tertiary/aromatic N) is 12. The van der Waals surface area contributed by atoms with Crippen LogP contribution in [0.5, 0.6) is 0 Å². The molecular formula is C60H46N12Pt2-6. The zero-order chi connectivity index (χ0) is 48.8. The first-order valence-electron chi connectivity index (χ1n) is 22.9. The van der Waals surface area contributed by atoms with Gasteiger partial charge in [-0.1, -0.05) is 170 Å². The Morgan fingerprint density at radius 3 is 1.08 bits per heavy atom. The maximum absolute atomic E-state index is 4.42. The Kier molecular flexibility index (Phi) is 20.5. The molecule has 12 nitrogen and oxygen atoms in total. The molecule has 10 aromatic rings. The first-order chi connectivity index (χ1) is 35.8. The molecule has 0 aliphatic carbocycles. The summed E-state index contributed by atoms with van der Waals surface area (Å²) in [5.41, 5.74) is 9.61. The summed E-state index contributed by atoms with van der Waals surface area (Å²) in [7, 11) is 0.